The van der Waals surface area contributed by atoms with Crippen LogP contribution in [0.5, 0.6) is 0 Å². The van der Waals surface area contributed by atoms with Gasteiger partial charge in [0.2, 0.25) is 11.9 Å². The molecule has 11 heterocycles. The fraction of sp³-hybridized carbons (Fsp3) is 0.0556. The molecule has 18 aromatic carbocycles. The maximum Gasteiger partial charge on any atom is 0.239 e. The number of rotatable bonds is 6. The van der Waals surface area contributed by atoms with Gasteiger partial charge in [-0.25, -0.2) is 19.9 Å². The van der Waals surface area contributed by atoms with Gasteiger partial charge in [0.15, 0.2) is 0 Å². The van der Waals surface area contributed by atoms with Gasteiger partial charge in [-0.05, 0) is 163 Å². The van der Waals surface area contributed by atoms with Crippen LogP contribution in [0.4, 0.5) is 0 Å². The molecule has 141 heavy (non-hydrogen) atoms. The first kappa shape index (κ1) is 87.4. The van der Waals surface area contributed by atoms with Crippen LogP contribution in [-0.2, 0) is 0 Å². The Bertz CT molecular complexity index is 8730. The van der Waals surface area contributed by atoms with Gasteiger partial charge in [-0.2, -0.15) is 15.0 Å². The van der Waals surface area contributed by atoms with Crippen molar-refractivity contribution >= 4 is 194 Å². The lowest BCUT2D eigenvalue weighted by Gasteiger charge is -2.12. The molecule has 0 N–H and O–H groups in total. The summed E-state index contributed by atoms with van der Waals surface area (Å²) >= 11 is 3.76. The zero-order valence-corrected chi connectivity index (χ0v) is 80.3. The van der Waals surface area contributed by atoms with Gasteiger partial charge in [0, 0.05) is 122 Å². The summed E-state index contributed by atoms with van der Waals surface area (Å²) in [6.45, 7) is 14.3. The summed E-state index contributed by atoms with van der Waals surface area (Å²) in [5, 5.41) is 20.0. The predicted molar refractivity (Wildman–Crippen MR) is 591 cm³/mol. The minimum atomic E-state index is 0.622. The highest BCUT2D eigenvalue weighted by Gasteiger charge is 2.23. The maximum absolute atomic E-state index is 5.78. The highest BCUT2D eigenvalue weighted by Crippen LogP contribution is 2.42. The van der Waals surface area contributed by atoms with E-state index in [1.165, 1.54) is 127 Å². The van der Waals surface area contributed by atoms with E-state index in [9.17, 15) is 0 Å². The Morgan fingerprint density at radius 3 is 0.979 bits per heavy atom. The topological polar surface area (TPSA) is 136 Å². The Balaban J connectivity index is 0.0000000950. The van der Waals surface area contributed by atoms with Crippen molar-refractivity contribution in [2.24, 2.45) is 0 Å². The predicted octanol–water partition coefficient (Wildman–Crippen LogP) is 34.0. The number of thiophene rings is 2. The Labute approximate surface area is 821 Å². The van der Waals surface area contributed by atoms with E-state index in [0.29, 0.717) is 17.7 Å². The number of hydrogen-bond donors (Lipinski definition) is 0. The minimum Gasteiger partial charge on any atom is -0.456 e. The van der Waals surface area contributed by atoms with Crippen LogP contribution >= 0.6 is 22.7 Å². The third kappa shape index (κ3) is 16.9. The lowest BCUT2D eigenvalue weighted by Crippen LogP contribution is -2.10. The van der Waals surface area contributed by atoms with Crippen LogP contribution in [0.2, 0.25) is 0 Å². The average molecular weight is 1860 g/mol. The number of para-hydroxylation sites is 11. The van der Waals surface area contributed by atoms with Crippen LogP contribution in [0.25, 0.3) is 217 Å². The average Bonchev–Trinajstić information content (AvgIpc) is 1.58. The maximum atomic E-state index is 5.78. The Morgan fingerprint density at radius 1 is 0.199 bits per heavy atom. The monoisotopic (exact) mass is 1860 g/mol. The quantitative estimate of drug-likeness (QED) is 0.159. The van der Waals surface area contributed by atoms with Crippen LogP contribution < -0.4 is 0 Å². The van der Waals surface area contributed by atoms with Crippen LogP contribution in [-0.4, -0.2) is 53.2 Å². The minimum absolute atomic E-state index is 0.622. The normalized spacial score (nSPS) is 11.4. The van der Waals surface area contributed by atoms with Crippen LogP contribution in [0.1, 0.15) is 39.7 Å². The molecule has 0 spiro atoms. The molecular formula is C126H93N11O2S2. The zero-order chi connectivity index (χ0) is 95.1. The van der Waals surface area contributed by atoms with Gasteiger partial charge in [0.05, 0.1) is 55.5 Å². The first-order valence-electron chi connectivity index (χ1n) is 47.3. The summed E-state index contributed by atoms with van der Waals surface area (Å²) in [4.78, 5) is 33.4. The van der Waals surface area contributed by atoms with E-state index in [1.54, 1.807) is 0 Å². The molecule has 29 aromatic rings. The van der Waals surface area contributed by atoms with Crippen molar-refractivity contribution in [1.29, 1.82) is 0 Å². The van der Waals surface area contributed by atoms with Gasteiger partial charge < -0.3 is 8.83 Å². The van der Waals surface area contributed by atoms with E-state index in [4.69, 9.17) is 33.8 Å². The number of fused-ring (bicyclic) bond motifs is 24. The van der Waals surface area contributed by atoms with E-state index in [1.807, 2.05) is 128 Å². The highest BCUT2D eigenvalue weighted by atomic mass is 32.1. The van der Waals surface area contributed by atoms with Crippen molar-refractivity contribution in [2.75, 3.05) is 0 Å². The van der Waals surface area contributed by atoms with Crippen molar-refractivity contribution in [2.45, 2.75) is 48.5 Å². The molecule has 0 fully saturated rings. The molecule has 11 aromatic heterocycles. The smallest absolute Gasteiger partial charge is 0.239 e. The number of hydrogen-bond acceptors (Lipinski definition) is 11. The number of aryl methyl sites for hydroxylation is 7. The number of furan rings is 2. The van der Waals surface area contributed by atoms with Gasteiger partial charge in [-0.1, -0.05) is 339 Å². The molecule has 0 aliphatic heterocycles. The molecule has 0 saturated carbocycles. The molecule has 0 amide bonds. The fourth-order valence-corrected chi connectivity index (χ4v) is 21.8. The molecule has 676 valence electrons. The lowest BCUT2D eigenvalue weighted by atomic mass is 10.1. The molecular weight excluding hydrogens is 1760 g/mol. The van der Waals surface area contributed by atoms with E-state index >= 15 is 0 Å². The Morgan fingerprint density at radius 2 is 0.518 bits per heavy atom. The van der Waals surface area contributed by atoms with Crippen molar-refractivity contribution < 1.29 is 8.83 Å². The SMILES string of the molecule is Cc1ccc2oc3ccccc3c2c1.Cc1ccc2sc3ccccc3c2c1.Cc1cccc2c1oc1ccccc12.Cc1cccc2c1sc1ccccc12.Cc1nc(-c2ccccc2)cc(-c2ccccc2)n1.Cc1nc(-n2c3ccccc3c3ccccc32)cc(-n2c3ccccc3c3ccccc32)n1.Cc1nc(-n2c3ccccc3c3ccccc32)nc(-n2c3ccccc3c3ccccc32)n1. The van der Waals surface area contributed by atoms with Crippen LogP contribution in [0.3, 0.4) is 0 Å². The summed E-state index contributed by atoms with van der Waals surface area (Å²) in [5.41, 5.74) is 22.1. The third-order valence-corrected chi connectivity index (χ3v) is 28.4. The van der Waals surface area contributed by atoms with Gasteiger partial charge in [-0.15, -0.1) is 22.7 Å². The molecule has 0 saturated heterocycles. The Hall–Kier alpha value is -17.6. The second-order valence-electron chi connectivity index (χ2n) is 35.3. The zero-order valence-electron chi connectivity index (χ0n) is 78.6. The van der Waals surface area contributed by atoms with Crippen LogP contribution in [0, 0.1) is 48.5 Å². The molecule has 0 atom stereocenters. The Kier molecular flexibility index (Phi) is 23.4. The largest absolute Gasteiger partial charge is 0.456 e. The van der Waals surface area contributed by atoms with Crippen molar-refractivity contribution in [3.05, 3.63) is 477 Å². The molecule has 29 rings (SSSR count). The molecule has 0 aliphatic rings. The van der Waals surface area contributed by atoms with Crippen molar-refractivity contribution in [1.82, 2.24) is 53.2 Å². The third-order valence-electron chi connectivity index (χ3n) is 26.0. The second-order valence-corrected chi connectivity index (χ2v) is 37.4. The first-order valence-corrected chi connectivity index (χ1v) is 48.9. The second kappa shape index (κ2) is 37.8. The highest BCUT2D eigenvalue weighted by molar-refractivity contribution is 7.26. The van der Waals surface area contributed by atoms with E-state index in [-0.39, 0.29) is 0 Å². The molecule has 0 radical (unpaired) electrons. The molecule has 15 heteroatoms. The summed E-state index contributed by atoms with van der Waals surface area (Å²) in [6.07, 6.45) is 0. The molecule has 0 unspecified atom stereocenters. The van der Waals surface area contributed by atoms with Crippen molar-refractivity contribution in [3.63, 3.8) is 0 Å². The van der Waals surface area contributed by atoms with E-state index in [0.717, 1.165) is 112 Å². The molecule has 0 aliphatic carbocycles. The van der Waals surface area contributed by atoms with Crippen molar-refractivity contribution in [3.8, 4) is 46.0 Å². The molecule has 0 bridgehead atoms. The molecule has 13 nitrogen and oxygen atoms in total. The summed E-state index contributed by atoms with van der Waals surface area (Å²) in [5.74, 6) is 5.20. The number of benzene rings is 18. The van der Waals surface area contributed by atoms with Gasteiger partial charge >= 0.3 is 0 Å². The number of nitrogens with zero attached hydrogens (tertiary/aromatic N) is 11. The van der Waals surface area contributed by atoms with E-state index in [2.05, 4.69) is 408 Å². The summed E-state index contributed by atoms with van der Waals surface area (Å²) < 4.78 is 25.8. The van der Waals surface area contributed by atoms with Gasteiger partial charge in [0.25, 0.3) is 0 Å². The van der Waals surface area contributed by atoms with Gasteiger partial charge in [0.1, 0.15) is 51.4 Å². The lowest BCUT2D eigenvalue weighted by molar-refractivity contribution is 0.666. The first-order chi connectivity index (χ1) is 69.3. The summed E-state index contributed by atoms with van der Waals surface area (Å²) in [7, 11) is 0. The summed E-state index contributed by atoms with van der Waals surface area (Å²) in [6, 6.07) is 151. The number of aromatic nitrogens is 11. The van der Waals surface area contributed by atoms with E-state index < -0.39 is 0 Å². The standard InChI is InChI=1S/C29H20N4.C28H19N5.C17H14N2.2C13H10O.2C13H10S/c1-19-30-28(32-24-14-6-2-10-20(24)21-11-3-7-15-25(21)32)18-29(31-19)33-26-16-8-4-12-22(26)23-13-5-9-17-27(23)33;1-18-29-27(32-23-14-6-2-10-19(23)20-11-3-7-15-24(20)32)31-28(30-18)33-25-16-8-4-12-21(25)22-13-5-9-17-26(22)33;1-13-18-16(14-8-4-2-5-9-14)12-17(19-13)15-10-6-3-7-11-15;1-9-5-4-7-11-10-6-2-3-8-12(10)14-13(9)11;1-9-6-7-13-11(8-9)10-4-2-3-5-12(10)14-13;1-9-5-4-7-11-10-6-2-3-8-12(10)14-13(9)11;1-9-6-7-13-11(8-9)10-4-2-3-5-12(10)14-13/h2-18H,1H3;2-17H,1H3;2-12H,1H3;4*2-8H,1H3. The fourth-order valence-electron chi connectivity index (χ4n) is 19.6. The van der Waals surface area contributed by atoms with Crippen LogP contribution in [0.15, 0.2) is 446 Å². The van der Waals surface area contributed by atoms with Gasteiger partial charge in [-0.3, -0.25) is 18.3 Å².